The molecule has 0 N–H and O–H groups in total. The zero-order valence-electron chi connectivity index (χ0n) is 14.2. The van der Waals surface area contributed by atoms with Gasteiger partial charge in [0, 0.05) is 18.9 Å². The van der Waals surface area contributed by atoms with Gasteiger partial charge in [-0.15, -0.1) is 0 Å². The van der Waals surface area contributed by atoms with Gasteiger partial charge < -0.3 is 4.57 Å². The van der Waals surface area contributed by atoms with Crippen molar-refractivity contribution in [2.45, 2.75) is 58.2 Å². The molecule has 1 aliphatic heterocycles. The highest BCUT2D eigenvalue weighted by atomic mass is 15.4. The number of nitrogens with zero attached hydrogens (tertiary/aromatic N) is 5. The van der Waals surface area contributed by atoms with E-state index >= 15 is 0 Å². The van der Waals surface area contributed by atoms with E-state index in [9.17, 15) is 0 Å². The summed E-state index contributed by atoms with van der Waals surface area (Å²) < 4.78 is 4.31. The Labute approximate surface area is 133 Å². The largest absolute Gasteiger partial charge is 0.353 e. The molecule has 22 heavy (non-hydrogen) atoms. The van der Waals surface area contributed by atoms with E-state index in [0.29, 0.717) is 6.04 Å². The highest BCUT2D eigenvalue weighted by molar-refractivity contribution is 5.13. The van der Waals surface area contributed by atoms with Crippen LogP contribution in [0, 0.1) is 0 Å². The molecule has 3 heterocycles. The van der Waals surface area contributed by atoms with Crippen LogP contribution in [0.25, 0.3) is 0 Å². The number of piperidine rings is 1. The quantitative estimate of drug-likeness (QED) is 0.874. The molecule has 1 atom stereocenters. The third kappa shape index (κ3) is 2.95. The summed E-state index contributed by atoms with van der Waals surface area (Å²) in [6, 6.07) is 4.87. The number of likely N-dealkylation sites (tertiary alicyclic amines) is 1. The summed E-state index contributed by atoms with van der Waals surface area (Å²) >= 11 is 0. The highest BCUT2D eigenvalue weighted by Crippen LogP contribution is 2.32. The molecular formula is C17H27N5. The van der Waals surface area contributed by atoms with Gasteiger partial charge in [-0.2, -0.15) is 5.10 Å². The van der Waals surface area contributed by atoms with Crippen molar-refractivity contribution in [1.29, 1.82) is 0 Å². The van der Waals surface area contributed by atoms with Gasteiger partial charge in [0.25, 0.3) is 0 Å². The summed E-state index contributed by atoms with van der Waals surface area (Å²) in [5.74, 6) is 1.06. The lowest BCUT2D eigenvalue weighted by Gasteiger charge is -2.36. The molecule has 120 valence electrons. The fourth-order valence-electron chi connectivity index (χ4n) is 3.45. The van der Waals surface area contributed by atoms with Crippen molar-refractivity contribution in [3.8, 4) is 0 Å². The monoisotopic (exact) mass is 301 g/mol. The van der Waals surface area contributed by atoms with Gasteiger partial charge in [-0.3, -0.25) is 4.90 Å². The number of hydrogen-bond donors (Lipinski definition) is 0. The molecule has 0 spiro atoms. The van der Waals surface area contributed by atoms with E-state index in [4.69, 9.17) is 0 Å². The van der Waals surface area contributed by atoms with Crippen LogP contribution in [0.5, 0.6) is 0 Å². The Bertz CT molecular complexity index is 619. The van der Waals surface area contributed by atoms with Crippen LogP contribution >= 0.6 is 0 Å². The average molecular weight is 301 g/mol. The van der Waals surface area contributed by atoms with Crippen LogP contribution in [0.4, 0.5) is 0 Å². The molecule has 2 aromatic heterocycles. The fourth-order valence-corrected chi connectivity index (χ4v) is 3.45. The first-order valence-electron chi connectivity index (χ1n) is 8.21. The van der Waals surface area contributed by atoms with Crippen molar-refractivity contribution >= 4 is 0 Å². The lowest BCUT2D eigenvalue weighted by molar-refractivity contribution is 0.126. The molecule has 0 saturated carbocycles. The van der Waals surface area contributed by atoms with Gasteiger partial charge in [-0.25, -0.2) is 9.67 Å². The van der Waals surface area contributed by atoms with E-state index in [-0.39, 0.29) is 5.54 Å². The van der Waals surface area contributed by atoms with E-state index in [2.05, 4.69) is 70.4 Å². The van der Waals surface area contributed by atoms with Crippen LogP contribution in [0.15, 0.2) is 24.7 Å². The molecular weight excluding hydrogens is 274 g/mol. The van der Waals surface area contributed by atoms with Crippen molar-refractivity contribution in [2.24, 2.45) is 7.05 Å². The maximum absolute atomic E-state index is 4.52. The van der Waals surface area contributed by atoms with E-state index in [1.54, 1.807) is 6.33 Å². The zero-order chi connectivity index (χ0) is 15.7. The Morgan fingerprint density at radius 3 is 2.77 bits per heavy atom. The van der Waals surface area contributed by atoms with Crippen molar-refractivity contribution < 1.29 is 0 Å². The molecule has 0 bridgehead atoms. The van der Waals surface area contributed by atoms with Gasteiger partial charge in [0.15, 0.2) is 0 Å². The van der Waals surface area contributed by atoms with Crippen LogP contribution < -0.4 is 0 Å². The minimum Gasteiger partial charge on any atom is -0.353 e. The first-order chi connectivity index (χ1) is 10.5. The van der Waals surface area contributed by atoms with Gasteiger partial charge in [0.1, 0.15) is 12.2 Å². The van der Waals surface area contributed by atoms with E-state index in [1.165, 1.54) is 25.0 Å². The second kappa shape index (κ2) is 5.88. The van der Waals surface area contributed by atoms with Crippen molar-refractivity contribution in [3.63, 3.8) is 0 Å². The van der Waals surface area contributed by atoms with Crippen LogP contribution in [0.2, 0.25) is 0 Å². The van der Waals surface area contributed by atoms with Gasteiger partial charge >= 0.3 is 0 Å². The van der Waals surface area contributed by atoms with Crippen LogP contribution in [0.3, 0.4) is 0 Å². The van der Waals surface area contributed by atoms with E-state index < -0.39 is 0 Å². The normalized spacial score (nSPS) is 20.5. The minimum atomic E-state index is -0.0257. The summed E-state index contributed by atoms with van der Waals surface area (Å²) in [5.41, 5.74) is 1.38. The Morgan fingerprint density at radius 2 is 2.09 bits per heavy atom. The number of aromatic nitrogens is 4. The molecule has 0 radical (unpaired) electrons. The number of rotatable bonds is 3. The van der Waals surface area contributed by atoms with Crippen molar-refractivity contribution in [2.75, 3.05) is 6.54 Å². The second-order valence-electron chi connectivity index (χ2n) is 7.28. The van der Waals surface area contributed by atoms with Gasteiger partial charge in [-0.1, -0.05) is 6.42 Å². The standard InChI is InChI=1S/C17H27N5/c1-17(2,3)22-16(18-13-19-22)12-21-11-6-5-8-15(21)14-9-7-10-20(14)4/h7,9-10,13,15H,5-6,8,11-12H2,1-4H3/t15-/m1/s1. The molecule has 1 saturated heterocycles. The molecule has 0 aromatic carbocycles. The molecule has 0 amide bonds. The smallest absolute Gasteiger partial charge is 0.141 e. The predicted octanol–water partition coefficient (Wildman–Crippen LogP) is 3.10. The SMILES string of the molecule is Cn1cccc1[C@H]1CCCCN1Cc1ncnn1C(C)(C)C. The lowest BCUT2D eigenvalue weighted by Crippen LogP contribution is -2.36. The van der Waals surface area contributed by atoms with Crippen LogP contribution in [-0.2, 0) is 19.1 Å². The van der Waals surface area contributed by atoms with Gasteiger partial charge in [0.05, 0.1) is 18.1 Å². The maximum Gasteiger partial charge on any atom is 0.141 e. The van der Waals surface area contributed by atoms with Crippen LogP contribution in [-0.4, -0.2) is 30.8 Å². The Morgan fingerprint density at radius 1 is 1.27 bits per heavy atom. The molecule has 1 aliphatic rings. The maximum atomic E-state index is 4.52. The first-order valence-corrected chi connectivity index (χ1v) is 8.21. The molecule has 5 heteroatoms. The summed E-state index contributed by atoms with van der Waals surface area (Å²) in [4.78, 5) is 7.08. The summed E-state index contributed by atoms with van der Waals surface area (Å²) in [7, 11) is 2.14. The molecule has 2 aromatic rings. The molecule has 5 nitrogen and oxygen atoms in total. The third-order valence-electron chi connectivity index (χ3n) is 4.54. The Balaban J connectivity index is 1.84. The second-order valence-corrected chi connectivity index (χ2v) is 7.28. The number of hydrogen-bond acceptors (Lipinski definition) is 3. The minimum absolute atomic E-state index is 0.0257. The zero-order valence-corrected chi connectivity index (χ0v) is 14.2. The Kier molecular flexibility index (Phi) is 4.08. The van der Waals surface area contributed by atoms with Crippen LogP contribution in [0.1, 0.15) is 57.6 Å². The van der Waals surface area contributed by atoms with Crippen molar-refractivity contribution in [3.05, 3.63) is 36.2 Å². The highest BCUT2D eigenvalue weighted by Gasteiger charge is 2.28. The molecule has 0 unspecified atom stereocenters. The third-order valence-corrected chi connectivity index (χ3v) is 4.54. The van der Waals surface area contributed by atoms with E-state index in [0.717, 1.165) is 18.9 Å². The van der Waals surface area contributed by atoms with Crippen molar-refractivity contribution in [1.82, 2.24) is 24.2 Å². The van der Waals surface area contributed by atoms with Gasteiger partial charge in [-0.05, 0) is 52.3 Å². The summed E-state index contributed by atoms with van der Waals surface area (Å²) in [6.07, 6.45) is 7.62. The summed E-state index contributed by atoms with van der Waals surface area (Å²) in [5, 5.41) is 4.43. The molecule has 1 fully saturated rings. The Hall–Kier alpha value is -1.62. The first kappa shape index (κ1) is 15.3. The fraction of sp³-hybridized carbons (Fsp3) is 0.647. The number of aryl methyl sites for hydroxylation is 1. The topological polar surface area (TPSA) is 38.9 Å². The van der Waals surface area contributed by atoms with E-state index in [1.807, 2.05) is 0 Å². The van der Waals surface area contributed by atoms with Gasteiger partial charge in [0.2, 0.25) is 0 Å². The average Bonchev–Trinajstić information content (AvgIpc) is 3.08. The predicted molar refractivity (Wildman–Crippen MR) is 87.4 cm³/mol. The molecule has 0 aliphatic carbocycles. The summed E-state index contributed by atoms with van der Waals surface area (Å²) in [6.45, 7) is 8.53. The molecule has 3 rings (SSSR count). The lowest BCUT2D eigenvalue weighted by atomic mass is 9.99.